The van der Waals surface area contributed by atoms with E-state index in [1.807, 2.05) is 6.07 Å². The minimum absolute atomic E-state index is 0.0343. The van der Waals surface area contributed by atoms with Crippen molar-refractivity contribution in [2.24, 2.45) is 0 Å². The Labute approximate surface area is 200 Å². The molecule has 2 heteroatoms. The molecule has 0 N–H and O–H groups in total. The average Bonchev–Trinajstić information content (AvgIpc) is 2.77. The lowest BCUT2D eigenvalue weighted by molar-refractivity contribution is -0.911. The highest BCUT2D eigenvalue weighted by Crippen LogP contribution is 2.28. The van der Waals surface area contributed by atoms with Gasteiger partial charge in [0.15, 0.2) is 11.8 Å². The van der Waals surface area contributed by atoms with Crippen LogP contribution >= 0.6 is 0 Å². The maximum atomic E-state index is 13.2. The second kappa shape index (κ2) is 18.1. The third-order valence-electron chi connectivity index (χ3n) is 6.60. The van der Waals surface area contributed by atoms with E-state index in [1.54, 1.807) is 0 Å². The van der Waals surface area contributed by atoms with Crippen molar-refractivity contribution in [3.8, 4) is 0 Å². The number of carbonyl (C=O) groups excluding carboxylic acids is 1. The molecule has 0 radical (unpaired) electrons. The first-order valence-corrected chi connectivity index (χ1v) is 13.6. The van der Waals surface area contributed by atoms with Gasteiger partial charge in [0.25, 0.3) is 0 Å². The molecule has 0 aliphatic heterocycles. The van der Waals surface area contributed by atoms with Crippen LogP contribution in [0.2, 0.25) is 0 Å². The fourth-order valence-electron chi connectivity index (χ4n) is 4.83. The zero-order valence-corrected chi connectivity index (χ0v) is 21.8. The lowest BCUT2D eigenvalue weighted by atomic mass is 9.95. The largest absolute Gasteiger partial charge is 0.316 e. The first-order valence-electron chi connectivity index (χ1n) is 13.6. The van der Waals surface area contributed by atoms with E-state index < -0.39 is 0 Å². The van der Waals surface area contributed by atoms with E-state index in [4.69, 9.17) is 0 Å². The van der Waals surface area contributed by atoms with Gasteiger partial charge in [-0.05, 0) is 38.5 Å². The normalized spacial score (nSPS) is 13.0. The minimum atomic E-state index is -0.0343. The minimum Gasteiger partial charge on any atom is -0.316 e. The van der Waals surface area contributed by atoms with Gasteiger partial charge in [0.2, 0.25) is 0 Å². The van der Waals surface area contributed by atoms with Gasteiger partial charge in [0.1, 0.15) is 0 Å². The van der Waals surface area contributed by atoms with Crippen molar-refractivity contribution in [1.82, 2.24) is 0 Å². The van der Waals surface area contributed by atoms with E-state index in [-0.39, 0.29) is 6.04 Å². The number of likely N-dealkylation sites (N-methyl/N-ethyl adjacent to an activating group) is 1. The van der Waals surface area contributed by atoms with Crippen LogP contribution in [0.5, 0.6) is 0 Å². The predicted octanol–water partition coefficient (Wildman–Crippen LogP) is 8.82. The number of rotatable bonds is 20. The highest BCUT2D eigenvalue weighted by molar-refractivity contribution is 5.84. The Kier molecular flexibility index (Phi) is 16.2. The van der Waals surface area contributed by atoms with Crippen LogP contribution in [0.15, 0.2) is 42.5 Å². The molecule has 0 spiro atoms. The van der Waals surface area contributed by atoms with Crippen LogP contribution in [0.3, 0.4) is 0 Å². The predicted molar refractivity (Wildman–Crippen MR) is 141 cm³/mol. The fraction of sp³-hybridized carbons (Fsp3) is 0.700. The summed E-state index contributed by atoms with van der Waals surface area (Å²) >= 11 is 0. The molecule has 182 valence electrons. The number of Topliss-reactive ketones (excluding diaryl/α,β-unsaturated/α-hetero) is 1. The van der Waals surface area contributed by atoms with E-state index in [2.05, 4.69) is 64.4 Å². The highest BCUT2D eigenvalue weighted by atomic mass is 16.1. The van der Waals surface area contributed by atoms with E-state index in [0.29, 0.717) is 12.2 Å². The Hall–Kier alpha value is -1.41. The number of hydrogen-bond acceptors (Lipinski definition) is 1. The van der Waals surface area contributed by atoms with Crippen LogP contribution in [0, 0.1) is 0 Å². The molecular weight excluding hydrogens is 390 g/mol. The molecule has 0 saturated carbocycles. The summed E-state index contributed by atoms with van der Waals surface area (Å²) in [5.41, 5.74) is 1.17. The molecule has 1 unspecified atom stereocenters. The van der Waals surface area contributed by atoms with Gasteiger partial charge in [0, 0.05) is 12.0 Å². The van der Waals surface area contributed by atoms with Gasteiger partial charge in [-0.25, -0.2) is 0 Å². The Morgan fingerprint density at radius 3 is 1.84 bits per heavy atom. The molecule has 0 fully saturated rings. The number of carbonyl (C=O) groups is 1. The number of benzene rings is 1. The number of unbranched alkanes of at least 4 members (excludes halogenated alkanes) is 11. The summed E-state index contributed by atoms with van der Waals surface area (Å²) in [7, 11) is 4.41. The topological polar surface area (TPSA) is 17.1 Å². The Balaban J connectivity index is 2.19. The molecule has 1 atom stereocenters. The van der Waals surface area contributed by atoms with Gasteiger partial charge in [-0.3, -0.25) is 4.79 Å². The van der Waals surface area contributed by atoms with E-state index >= 15 is 0 Å². The quantitative estimate of drug-likeness (QED) is 0.112. The highest BCUT2D eigenvalue weighted by Gasteiger charge is 2.34. The third-order valence-corrected chi connectivity index (χ3v) is 6.60. The molecule has 2 nitrogen and oxygen atoms in total. The van der Waals surface area contributed by atoms with Crippen molar-refractivity contribution < 1.29 is 9.28 Å². The van der Waals surface area contributed by atoms with Crippen molar-refractivity contribution in [3.63, 3.8) is 0 Å². The second-order valence-electron chi connectivity index (χ2n) is 10.1. The van der Waals surface area contributed by atoms with Gasteiger partial charge in [0.05, 0.1) is 20.6 Å². The number of quaternary nitrogens is 1. The van der Waals surface area contributed by atoms with E-state index in [1.165, 1.54) is 82.6 Å². The third kappa shape index (κ3) is 12.6. The smallest absolute Gasteiger partial charge is 0.194 e. The van der Waals surface area contributed by atoms with E-state index in [0.717, 1.165) is 23.9 Å². The summed E-state index contributed by atoms with van der Waals surface area (Å²) in [6.45, 7) is 5.51. The molecule has 0 bridgehead atoms. The van der Waals surface area contributed by atoms with Crippen LogP contribution < -0.4 is 0 Å². The fourth-order valence-corrected chi connectivity index (χ4v) is 4.83. The molecule has 0 aliphatic rings. The van der Waals surface area contributed by atoms with Crippen molar-refractivity contribution >= 4 is 5.78 Å². The molecule has 0 heterocycles. The molecule has 1 aromatic rings. The van der Waals surface area contributed by atoms with Gasteiger partial charge in [-0.2, -0.15) is 0 Å². The molecule has 1 rings (SSSR count). The van der Waals surface area contributed by atoms with Gasteiger partial charge >= 0.3 is 0 Å². The van der Waals surface area contributed by atoms with Crippen LogP contribution in [0.25, 0.3) is 0 Å². The molecule has 1 aromatic carbocycles. The number of allylic oxidation sites excluding steroid dienone is 2. The van der Waals surface area contributed by atoms with Crippen LogP contribution in [0.4, 0.5) is 0 Å². The zero-order valence-electron chi connectivity index (χ0n) is 21.8. The zero-order chi connectivity index (χ0) is 23.5. The monoisotopic (exact) mass is 442 g/mol. The molecular formula is C30H52NO+. The lowest BCUT2D eigenvalue weighted by Crippen LogP contribution is -2.47. The summed E-state index contributed by atoms with van der Waals surface area (Å²) in [5, 5.41) is 0. The van der Waals surface area contributed by atoms with Crippen molar-refractivity contribution in [2.45, 2.75) is 116 Å². The lowest BCUT2D eigenvalue weighted by Gasteiger charge is -2.37. The first kappa shape index (κ1) is 28.6. The Morgan fingerprint density at radius 2 is 1.28 bits per heavy atom. The molecule has 0 saturated heterocycles. The Morgan fingerprint density at radius 1 is 0.750 bits per heavy atom. The molecule has 0 aromatic heterocycles. The molecule has 0 aliphatic carbocycles. The average molecular weight is 443 g/mol. The SMILES string of the molecule is CCCCCCCC/C=C\CCCCCCCC(=O)C(c1ccccc1)[N+](C)(C)CCC. The summed E-state index contributed by atoms with van der Waals surface area (Å²) in [4.78, 5) is 13.2. The number of nitrogens with zero attached hydrogens (tertiary/aromatic N) is 1. The van der Waals surface area contributed by atoms with Crippen LogP contribution in [0.1, 0.15) is 122 Å². The van der Waals surface area contributed by atoms with Gasteiger partial charge < -0.3 is 4.48 Å². The number of hydrogen-bond donors (Lipinski definition) is 0. The first-order chi connectivity index (χ1) is 15.5. The van der Waals surface area contributed by atoms with Crippen molar-refractivity contribution in [3.05, 3.63) is 48.0 Å². The van der Waals surface area contributed by atoms with Gasteiger partial charge in [-0.15, -0.1) is 0 Å². The molecule has 0 amide bonds. The standard InChI is InChI=1S/C30H52NO/c1-5-7-8-9-10-11-12-13-14-15-16-17-18-19-23-26-29(32)30(31(3,4)27-6-2)28-24-21-20-22-25-28/h13-14,20-22,24-25,30H,5-12,15-19,23,26-27H2,1-4H3/q+1/b14-13-. The van der Waals surface area contributed by atoms with Crippen molar-refractivity contribution in [2.75, 3.05) is 20.6 Å². The summed E-state index contributed by atoms with van der Waals surface area (Å²) in [6.07, 6.45) is 23.4. The maximum absolute atomic E-state index is 13.2. The van der Waals surface area contributed by atoms with E-state index in [9.17, 15) is 4.79 Å². The molecule has 32 heavy (non-hydrogen) atoms. The maximum Gasteiger partial charge on any atom is 0.194 e. The van der Waals surface area contributed by atoms with Crippen LogP contribution in [-0.4, -0.2) is 30.9 Å². The number of ketones is 1. The Bertz CT molecular complexity index is 605. The summed E-state index contributed by atoms with van der Waals surface area (Å²) < 4.78 is 0.754. The van der Waals surface area contributed by atoms with Crippen LogP contribution in [-0.2, 0) is 4.79 Å². The van der Waals surface area contributed by atoms with Crippen molar-refractivity contribution in [1.29, 1.82) is 0 Å². The summed E-state index contributed by atoms with van der Waals surface area (Å²) in [6, 6.07) is 10.4. The second-order valence-corrected chi connectivity index (χ2v) is 10.1. The summed E-state index contributed by atoms with van der Waals surface area (Å²) in [5.74, 6) is 0.410. The van der Waals surface area contributed by atoms with Gasteiger partial charge in [-0.1, -0.05) is 108 Å².